The third-order valence-corrected chi connectivity index (χ3v) is 3.82. The molecule has 0 saturated carbocycles. The number of nitrogens with zero attached hydrogens (tertiary/aromatic N) is 2. The van der Waals surface area contributed by atoms with Gasteiger partial charge in [-0.1, -0.05) is 0 Å². The number of aromatic nitrogens is 2. The van der Waals surface area contributed by atoms with Gasteiger partial charge >= 0.3 is 0 Å². The van der Waals surface area contributed by atoms with Crippen LogP contribution in [0.25, 0.3) is 22.9 Å². The molecule has 0 atom stereocenters. The number of fused-ring (bicyclic) bond motifs is 1. The molecule has 6 heteroatoms. The monoisotopic (exact) mass is 298 g/mol. The highest BCUT2D eigenvalue weighted by molar-refractivity contribution is 5.65. The van der Waals surface area contributed by atoms with Crippen LogP contribution in [0.1, 0.15) is 17.1 Å². The van der Waals surface area contributed by atoms with Gasteiger partial charge in [0, 0.05) is 11.1 Å². The Hall–Kier alpha value is -2.76. The van der Waals surface area contributed by atoms with E-state index in [0.29, 0.717) is 17.5 Å². The molecule has 6 nitrogen and oxygen atoms in total. The quantitative estimate of drug-likeness (QED) is 0.719. The molecule has 112 valence electrons. The highest BCUT2D eigenvalue weighted by Crippen LogP contribution is 2.37. The Morgan fingerprint density at radius 1 is 0.864 bits per heavy atom. The van der Waals surface area contributed by atoms with Gasteiger partial charge in [-0.05, 0) is 39.0 Å². The van der Waals surface area contributed by atoms with Gasteiger partial charge in [-0.3, -0.25) is 0 Å². The second-order valence-corrected chi connectivity index (χ2v) is 5.19. The summed E-state index contributed by atoms with van der Waals surface area (Å²) in [5.74, 6) is 3.93. The van der Waals surface area contributed by atoms with Gasteiger partial charge in [0.2, 0.25) is 12.7 Å². The molecule has 22 heavy (non-hydrogen) atoms. The predicted octanol–water partition coefficient (Wildman–Crippen LogP) is 3.65. The molecule has 1 aliphatic heterocycles. The summed E-state index contributed by atoms with van der Waals surface area (Å²) in [4.78, 5) is 0. The smallest absolute Gasteiger partial charge is 0.251 e. The number of rotatable bonds is 2. The minimum Gasteiger partial charge on any atom is -0.466 e. The summed E-state index contributed by atoms with van der Waals surface area (Å²) >= 11 is 0. The Balaban J connectivity index is 1.75. The first-order valence-corrected chi connectivity index (χ1v) is 6.94. The van der Waals surface area contributed by atoms with Crippen LogP contribution in [0.3, 0.4) is 0 Å². The Bertz CT molecular complexity index is 863. The van der Waals surface area contributed by atoms with Crippen LogP contribution in [-0.2, 0) is 0 Å². The highest BCUT2D eigenvalue weighted by Gasteiger charge is 2.21. The summed E-state index contributed by atoms with van der Waals surface area (Å²) in [6.07, 6.45) is 0. The van der Waals surface area contributed by atoms with Crippen molar-refractivity contribution in [2.75, 3.05) is 6.79 Å². The maximum absolute atomic E-state index is 5.81. The average Bonchev–Trinajstić information content (AvgIpc) is 3.19. The molecule has 0 radical (unpaired) electrons. The molecule has 0 N–H and O–H groups in total. The molecule has 1 aromatic carbocycles. The number of furan rings is 1. The first-order chi connectivity index (χ1) is 10.6. The summed E-state index contributed by atoms with van der Waals surface area (Å²) < 4.78 is 22.1. The molecule has 3 heterocycles. The summed E-state index contributed by atoms with van der Waals surface area (Å²) in [5, 5.41) is 8.27. The molecule has 0 unspecified atom stereocenters. The summed E-state index contributed by atoms with van der Waals surface area (Å²) in [5.41, 5.74) is 2.66. The topological polar surface area (TPSA) is 70.5 Å². The summed E-state index contributed by atoms with van der Waals surface area (Å²) in [7, 11) is 0. The largest absolute Gasteiger partial charge is 0.466 e. The van der Waals surface area contributed by atoms with Crippen LogP contribution in [0, 0.1) is 20.8 Å². The zero-order chi connectivity index (χ0) is 15.3. The summed E-state index contributed by atoms with van der Waals surface area (Å²) in [6, 6.07) is 5.53. The van der Waals surface area contributed by atoms with Gasteiger partial charge in [0.05, 0.1) is 5.56 Å². The van der Waals surface area contributed by atoms with E-state index in [1.165, 1.54) is 0 Å². The van der Waals surface area contributed by atoms with E-state index < -0.39 is 0 Å². The zero-order valence-electron chi connectivity index (χ0n) is 12.5. The van der Waals surface area contributed by atoms with Crippen LogP contribution in [0.4, 0.5) is 0 Å². The third kappa shape index (κ3) is 1.88. The third-order valence-electron chi connectivity index (χ3n) is 3.82. The van der Waals surface area contributed by atoms with Gasteiger partial charge in [0.25, 0.3) is 5.89 Å². The average molecular weight is 298 g/mol. The molecule has 0 aliphatic carbocycles. The van der Waals surface area contributed by atoms with Gasteiger partial charge in [-0.2, -0.15) is 0 Å². The fourth-order valence-corrected chi connectivity index (χ4v) is 2.58. The van der Waals surface area contributed by atoms with Crippen LogP contribution in [0.5, 0.6) is 11.5 Å². The first-order valence-electron chi connectivity index (χ1n) is 6.94. The van der Waals surface area contributed by atoms with Crippen molar-refractivity contribution in [1.82, 2.24) is 10.2 Å². The maximum atomic E-state index is 5.81. The lowest BCUT2D eigenvalue weighted by atomic mass is 10.1. The van der Waals surface area contributed by atoms with Gasteiger partial charge in [0.15, 0.2) is 11.5 Å². The van der Waals surface area contributed by atoms with Crippen LogP contribution >= 0.6 is 0 Å². The fraction of sp³-hybridized carbons (Fsp3) is 0.250. The molecule has 0 amide bonds. The number of hydrogen-bond acceptors (Lipinski definition) is 6. The van der Waals surface area contributed by atoms with E-state index in [2.05, 4.69) is 10.2 Å². The van der Waals surface area contributed by atoms with Crippen molar-refractivity contribution in [3.8, 4) is 34.4 Å². The van der Waals surface area contributed by atoms with Crippen molar-refractivity contribution in [3.05, 3.63) is 35.3 Å². The Labute approximate surface area is 126 Å². The molecule has 0 spiro atoms. The van der Waals surface area contributed by atoms with E-state index in [9.17, 15) is 0 Å². The Morgan fingerprint density at radius 3 is 2.41 bits per heavy atom. The van der Waals surface area contributed by atoms with Crippen molar-refractivity contribution in [2.45, 2.75) is 20.8 Å². The molecule has 0 bridgehead atoms. The molecule has 0 fully saturated rings. The molecule has 4 rings (SSSR count). The van der Waals surface area contributed by atoms with E-state index in [0.717, 1.165) is 34.0 Å². The fourth-order valence-electron chi connectivity index (χ4n) is 2.58. The van der Waals surface area contributed by atoms with E-state index >= 15 is 0 Å². The lowest BCUT2D eigenvalue weighted by Crippen LogP contribution is -1.92. The van der Waals surface area contributed by atoms with Crippen LogP contribution < -0.4 is 9.47 Å². The van der Waals surface area contributed by atoms with Crippen molar-refractivity contribution in [2.24, 2.45) is 0 Å². The maximum Gasteiger partial charge on any atom is 0.251 e. The van der Waals surface area contributed by atoms with E-state index in [4.69, 9.17) is 18.3 Å². The second-order valence-electron chi connectivity index (χ2n) is 5.19. The highest BCUT2D eigenvalue weighted by atomic mass is 16.7. The normalized spacial score (nSPS) is 12.9. The Kier molecular flexibility index (Phi) is 2.72. The second kappa shape index (κ2) is 4.62. The molecule has 1 aliphatic rings. The zero-order valence-corrected chi connectivity index (χ0v) is 12.5. The van der Waals surface area contributed by atoms with Gasteiger partial charge < -0.3 is 18.3 Å². The van der Waals surface area contributed by atoms with Crippen molar-refractivity contribution < 1.29 is 18.3 Å². The number of hydrogen-bond donors (Lipinski definition) is 0. The van der Waals surface area contributed by atoms with Gasteiger partial charge in [0.1, 0.15) is 11.5 Å². The number of aryl methyl sites for hydroxylation is 2. The van der Waals surface area contributed by atoms with Crippen molar-refractivity contribution in [3.63, 3.8) is 0 Å². The predicted molar refractivity (Wildman–Crippen MR) is 77.8 cm³/mol. The van der Waals surface area contributed by atoms with Crippen molar-refractivity contribution >= 4 is 0 Å². The first kappa shape index (κ1) is 12.9. The van der Waals surface area contributed by atoms with Crippen LogP contribution in [0.2, 0.25) is 0 Å². The van der Waals surface area contributed by atoms with Crippen molar-refractivity contribution in [1.29, 1.82) is 0 Å². The van der Waals surface area contributed by atoms with Crippen LogP contribution in [-0.4, -0.2) is 17.0 Å². The van der Waals surface area contributed by atoms with E-state index in [1.807, 2.05) is 39.0 Å². The lowest BCUT2D eigenvalue weighted by molar-refractivity contribution is 0.174. The molecule has 3 aromatic rings. The SMILES string of the molecule is Cc1oc(C)c(-c2nnc(-c3ccc4c(c3)OCO4)o2)c1C. The Morgan fingerprint density at radius 2 is 1.64 bits per heavy atom. The van der Waals surface area contributed by atoms with Crippen LogP contribution in [0.15, 0.2) is 27.0 Å². The molecular weight excluding hydrogens is 284 g/mol. The van der Waals surface area contributed by atoms with Gasteiger partial charge in [-0.15, -0.1) is 10.2 Å². The number of ether oxygens (including phenoxy) is 2. The minimum absolute atomic E-state index is 0.237. The van der Waals surface area contributed by atoms with E-state index in [1.54, 1.807) is 0 Å². The summed E-state index contributed by atoms with van der Waals surface area (Å²) in [6.45, 7) is 6.02. The molecule has 2 aromatic heterocycles. The molecular formula is C16H14N2O4. The van der Waals surface area contributed by atoms with Gasteiger partial charge in [-0.25, -0.2) is 0 Å². The molecule has 0 saturated heterocycles. The lowest BCUT2D eigenvalue weighted by Gasteiger charge is -1.98. The standard InChI is InChI=1S/C16H14N2O4/c1-8-9(2)21-10(3)14(8)16-18-17-15(22-16)11-4-5-12-13(6-11)20-7-19-12/h4-6H,7H2,1-3H3. The van der Waals surface area contributed by atoms with E-state index in [-0.39, 0.29) is 6.79 Å². The minimum atomic E-state index is 0.237. The number of benzene rings is 1.